The van der Waals surface area contributed by atoms with Crippen LogP contribution in [-0.4, -0.2) is 29.9 Å². The predicted molar refractivity (Wildman–Crippen MR) is 114 cm³/mol. The van der Waals surface area contributed by atoms with Crippen LogP contribution in [0.2, 0.25) is 0 Å². The maximum absolute atomic E-state index is 12.6. The Hall–Kier alpha value is -3.54. The molecule has 2 aromatic carbocycles. The fraction of sp³-hybridized carbons (Fsp3) is 0.250. The Bertz CT molecular complexity index is 1030. The number of fused-ring (bicyclic) bond motifs is 1. The first-order valence-corrected chi connectivity index (χ1v) is 10.1. The summed E-state index contributed by atoms with van der Waals surface area (Å²) in [5.41, 5.74) is 3.89. The maximum atomic E-state index is 12.6. The Labute approximate surface area is 175 Å². The molecule has 0 saturated carbocycles. The topological polar surface area (TPSA) is 71.8 Å². The van der Waals surface area contributed by atoms with Crippen molar-refractivity contribution in [3.8, 4) is 5.75 Å². The third-order valence-corrected chi connectivity index (χ3v) is 5.12. The van der Waals surface area contributed by atoms with Crippen LogP contribution in [0.25, 0.3) is 0 Å². The molecule has 0 saturated heterocycles. The van der Waals surface area contributed by atoms with Crippen molar-refractivity contribution in [3.05, 3.63) is 83.3 Å². The second kappa shape index (κ2) is 8.86. The summed E-state index contributed by atoms with van der Waals surface area (Å²) >= 11 is 0. The molecule has 30 heavy (non-hydrogen) atoms. The van der Waals surface area contributed by atoms with E-state index in [-0.39, 0.29) is 18.2 Å². The van der Waals surface area contributed by atoms with Gasteiger partial charge in [-0.25, -0.2) is 0 Å². The molecule has 1 aliphatic heterocycles. The van der Waals surface area contributed by atoms with Gasteiger partial charge in [-0.15, -0.1) is 0 Å². The van der Waals surface area contributed by atoms with Gasteiger partial charge in [-0.2, -0.15) is 0 Å². The van der Waals surface area contributed by atoms with Crippen molar-refractivity contribution in [1.29, 1.82) is 0 Å². The Kier molecular flexibility index (Phi) is 5.84. The summed E-state index contributed by atoms with van der Waals surface area (Å²) in [5.74, 6) is 0.942. The van der Waals surface area contributed by atoms with E-state index >= 15 is 0 Å². The molecule has 6 heteroatoms. The summed E-state index contributed by atoms with van der Waals surface area (Å²) in [4.78, 5) is 26.8. The van der Waals surface area contributed by atoms with E-state index in [1.54, 1.807) is 17.0 Å². The first-order valence-electron chi connectivity index (χ1n) is 10.1. The number of carbonyl (C=O) groups is 2. The molecule has 0 unspecified atom stereocenters. The van der Waals surface area contributed by atoms with E-state index < -0.39 is 0 Å². The highest BCUT2D eigenvalue weighted by atomic mass is 16.5. The number of nitrogens with one attached hydrogen (secondary N) is 1. The van der Waals surface area contributed by atoms with E-state index in [9.17, 15) is 9.59 Å². The molecule has 3 aromatic rings. The molecular weight excluding hydrogens is 380 g/mol. The Morgan fingerprint density at radius 1 is 1.10 bits per heavy atom. The smallest absolute Gasteiger partial charge is 0.289 e. The van der Waals surface area contributed by atoms with Gasteiger partial charge in [0.15, 0.2) is 5.76 Å². The molecule has 0 bridgehead atoms. The van der Waals surface area contributed by atoms with Gasteiger partial charge in [0, 0.05) is 18.8 Å². The molecule has 154 valence electrons. The number of carbonyl (C=O) groups excluding carboxylic acids is 2. The number of anilines is 1. The lowest BCUT2D eigenvalue weighted by Gasteiger charge is -2.28. The summed E-state index contributed by atoms with van der Waals surface area (Å²) in [6, 6.07) is 16.8. The van der Waals surface area contributed by atoms with Crippen LogP contribution in [0, 0.1) is 0 Å². The van der Waals surface area contributed by atoms with Crippen LogP contribution >= 0.6 is 0 Å². The van der Waals surface area contributed by atoms with Crippen molar-refractivity contribution in [1.82, 2.24) is 4.90 Å². The maximum Gasteiger partial charge on any atom is 0.289 e. The standard InChI is InChI=1S/C24H24N2O4/c1-2-29-21-9-5-17(6-10-21)14-23(27)25-20-8-7-18-11-12-26(16-19(18)15-20)24(28)22-4-3-13-30-22/h3-10,13,15H,2,11-12,14,16H2,1H3,(H,25,27). The van der Waals surface area contributed by atoms with Crippen LogP contribution < -0.4 is 10.1 Å². The van der Waals surface area contributed by atoms with Crippen molar-refractivity contribution in [3.63, 3.8) is 0 Å². The molecule has 4 rings (SSSR count). The lowest BCUT2D eigenvalue weighted by Crippen LogP contribution is -2.35. The van der Waals surface area contributed by atoms with Gasteiger partial charge in [0.25, 0.3) is 5.91 Å². The van der Waals surface area contributed by atoms with Gasteiger partial charge in [0.2, 0.25) is 5.91 Å². The SMILES string of the molecule is CCOc1ccc(CC(=O)Nc2ccc3c(c2)CN(C(=O)c2ccco2)CC3)cc1. The molecule has 0 atom stereocenters. The van der Waals surface area contributed by atoms with Crippen molar-refractivity contribution >= 4 is 17.5 Å². The third-order valence-electron chi connectivity index (χ3n) is 5.12. The molecule has 2 heterocycles. The molecule has 0 fully saturated rings. The van der Waals surface area contributed by atoms with E-state index in [4.69, 9.17) is 9.15 Å². The summed E-state index contributed by atoms with van der Waals surface area (Å²) in [6.07, 6.45) is 2.57. The van der Waals surface area contributed by atoms with Crippen molar-refractivity contribution < 1.29 is 18.7 Å². The highest BCUT2D eigenvalue weighted by Crippen LogP contribution is 2.24. The molecule has 6 nitrogen and oxygen atoms in total. The normalized spacial score (nSPS) is 12.9. The highest BCUT2D eigenvalue weighted by Gasteiger charge is 2.23. The fourth-order valence-electron chi connectivity index (χ4n) is 3.63. The number of nitrogens with zero attached hydrogens (tertiary/aromatic N) is 1. The zero-order chi connectivity index (χ0) is 20.9. The minimum absolute atomic E-state index is 0.0848. The summed E-state index contributed by atoms with van der Waals surface area (Å²) in [7, 11) is 0. The third kappa shape index (κ3) is 4.54. The molecule has 1 aliphatic rings. The Morgan fingerprint density at radius 2 is 1.93 bits per heavy atom. The van der Waals surface area contributed by atoms with Gasteiger partial charge >= 0.3 is 0 Å². The number of amides is 2. The molecule has 1 aromatic heterocycles. The highest BCUT2D eigenvalue weighted by molar-refractivity contribution is 5.93. The van der Waals surface area contributed by atoms with Gasteiger partial charge in [-0.05, 0) is 66.4 Å². The molecule has 0 aliphatic carbocycles. The van der Waals surface area contributed by atoms with Gasteiger partial charge in [-0.1, -0.05) is 18.2 Å². The number of hydrogen-bond donors (Lipinski definition) is 1. The number of hydrogen-bond acceptors (Lipinski definition) is 4. The number of benzene rings is 2. The summed E-state index contributed by atoms with van der Waals surface area (Å²) in [5, 5.41) is 2.96. The van der Waals surface area contributed by atoms with Crippen molar-refractivity contribution in [2.24, 2.45) is 0 Å². The molecular formula is C24H24N2O4. The second-order valence-electron chi connectivity index (χ2n) is 7.24. The average molecular weight is 404 g/mol. The quantitative estimate of drug-likeness (QED) is 0.673. The van der Waals surface area contributed by atoms with Crippen molar-refractivity contribution in [2.75, 3.05) is 18.5 Å². The zero-order valence-electron chi connectivity index (χ0n) is 16.9. The molecule has 0 radical (unpaired) electrons. The summed E-state index contributed by atoms with van der Waals surface area (Å²) in [6.45, 7) is 3.70. The summed E-state index contributed by atoms with van der Waals surface area (Å²) < 4.78 is 10.7. The Morgan fingerprint density at radius 3 is 2.67 bits per heavy atom. The molecule has 1 N–H and O–H groups in total. The largest absolute Gasteiger partial charge is 0.494 e. The van der Waals surface area contributed by atoms with E-state index in [0.29, 0.717) is 25.5 Å². The van der Waals surface area contributed by atoms with E-state index in [1.165, 1.54) is 11.8 Å². The van der Waals surface area contributed by atoms with Crippen LogP contribution in [0.3, 0.4) is 0 Å². The van der Waals surface area contributed by atoms with Gasteiger partial charge in [-0.3, -0.25) is 9.59 Å². The van der Waals surface area contributed by atoms with Crippen LogP contribution in [0.15, 0.2) is 65.3 Å². The van der Waals surface area contributed by atoms with E-state index in [2.05, 4.69) is 5.32 Å². The van der Waals surface area contributed by atoms with Crippen LogP contribution in [0.1, 0.15) is 34.2 Å². The molecule has 0 spiro atoms. The lowest BCUT2D eigenvalue weighted by atomic mass is 9.98. The first kappa shape index (κ1) is 19.8. The van der Waals surface area contributed by atoms with Crippen molar-refractivity contribution in [2.45, 2.75) is 26.3 Å². The first-order chi connectivity index (χ1) is 14.6. The minimum Gasteiger partial charge on any atom is -0.494 e. The van der Waals surface area contributed by atoms with Crippen LogP contribution in [0.5, 0.6) is 5.75 Å². The van der Waals surface area contributed by atoms with E-state index in [0.717, 1.165) is 29.0 Å². The van der Waals surface area contributed by atoms with Gasteiger partial charge < -0.3 is 19.4 Å². The average Bonchev–Trinajstić information content (AvgIpc) is 3.29. The van der Waals surface area contributed by atoms with Crippen LogP contribution in [0.4, 0.5) is 5.69 Å². The van der Waals surface area contributed by atoms with Crippen LogP contribution in [-0.2, 0) is 24.2 Å². The fourth-order valence-corrected chi connectivity index (χ4v) is 3.63. The lowest BCUT2D eigenvalue weighted by molar-refractivity contribution is -0.115. The number of ether oxygens (including phenoxy) is 1. The zero-order valence-corrected chi connectivity index (χ0v) is 16.9. The second-order valence-corrected chi connectivity index (χ2v) is 7.24. The minimum atomic E-state index is -0.115. The predicted octanol–water partition coefficient (Wildman–Crippen LogP) is 4.06. The monoisotopic (exact) mass is 404 g/mol. The Balaban J connectivity index is 1.39. The molecule has 2 amide bonds. The van der Waals surface area contributed by atoms with Gasteiger partial charge in [0.1, 0.15) is 5.75 Å². The number of furan rings is 1. The van der Waals surface area contributed by atoms with E-state index in [1.807, 2.05) is 49.4 Å². The number of rotatable bonds is 6. The van der Waals surface area contributed by atoms with Gasteiger partial charge in [0.05, 0.1) is 19.3 Å².